The van der Waals surface area contributed by atoms with E-state index >= 15 is 0 Å². The van der Waals surface area contributed by atoms with Crippen LogP contribution in [0.1, 0.15) is 11.8 Å². The predicted octanol–water partition coefficient (Wildman–Crippen LogP) is 4.38. The fraction of sp³-hybridized carbons (Fsp3) is 0.176. The third kappa shape index (κ3) is 3.48. The van der Waals surface area contributed by atoms with E-state index in [1.165, 1.54) is 11.8 Å². The molecule has 0 aliphatic carbocycles. The molecule has 0 bridgehead atoms. The molecule has 0 N–H and O–H groups in total. The van der Waals surface area contributed by atoms with Crippen molar-refractivity contribution in [3.8, 4) is 5.75 Å². The molecule has 0 spiro atoms. The number of thiophene rings is 1. The number of carbonyl (C=O) groups excluding carboxylic acids is 1. The number of amides is 1. The van der Waals surface area contributed by atoms with E-state index in [-0.39, 0.29) is 5.91 Å². The largest absolute Gasteiger partial charge is 0.497 e. The zero-order valence-corrected chi connectivity index (χ0v) is 14.5. The molecule has 0 saturated carbocycles. The normalized spacial score (nSPS) is 18.2. The van der Waals surface area contributed by atoms with Crippen LogP contribution in [-0.2, 0) is 4.79 Å². The highest BCUT2D eigenvalue weighted by atomic mass is 32.2. The maximum Gasteiger partial charge on any atom is 0.266 e. The number of ether oxygens (including phenoxy) is 1. The number of hydrogen-bond acceptors (Lipinski definition) is 5. The van der Waals surface area contributed by atoms with Gasteiger partial charge in [-0.25, -0.2) is 4.99 Å². The van der Waals surface area contributed by atoms with Crippen LogP contribution in [0.15, 0.2) is 51.7 Å². The van der Waals surface area contributed by atoms with Gasteiger partial charge in [-0.2, -0.15) is 0 Å². The van der Waals surface area contributed by atoms with Crippen LogP contribution >= 0.6 is 23.1 Å². The van der Waals surface area contributed by atoms with Gasteiger partial charge in [-0.3, -0.25) is 9.69 Å². The third-order valence-electron chi connectivity index (χ3n) is 3.32. The molecule has 3 rings (SSSR count). The Morgan fingerprint density at radius 3 is 2.65 bits per heavy atom. The first-order valence-electron chi connectivity index (χ1n) is 7.19. The van der Waals surface area contributed by atoms with Crippen LogP contribution in [0.2, 0.25) is 0 Å². The lowest BCUT2D eigenvalue weighted by atomic mass is 10.3. The summed E-state index contributed by atoms with van der Waals surface area (Å²) in [7, 11) is 1.63. The molecule has 23 heavy (non-hydrogen) atoms. The first-order valence-corrected chi connectivity index (χ1v) is 8.88. The fourth-order valence-corrected chi connectivity index (χ4v) is 3.93. The van der Waals surface area contributed by atoms with Gasteiger partial charge in [-0.05, 0) is 60.5 Å². The second-order valence-electron chi connectivity index (χ2n) is 4.77. The Hall–Kier alpha value is -2.05. The van der Waals surface area contributed by atoms with Gasteiger partial charge in [0.05, 0.1) is 17.7 Å². The van der Waals surface area contributed by atoms with Crippen LogP contribution in [-0.4, -0.2) is 29.6 Å². The molecule has 4 nitrogen and oxygen atoms in total. The lowest BCUT2D eigenvalue weighted by molar-refractivity contribution is -0.122. The van der Waals surface area contributed by atoms with E-state index in [9.17, 15) is 4.79 Å². The Morgan fingerprint density at radius 1 is 1.26 bits per heavy atom. The van der Waals surface area contributed by atoms with Gasteiger partial charge in [-0.1, -0.05) is 6.07 Å². The van der Waals surface area contributed by atoms with E-state index < -0.39 is 0 Å². The zero-order valence-electron chi connectivity index (χ0n) is 12.9. The van der Waals surface area contributed by atoms with Gasteiger partial charge in [0, 0.05) is 11.4 Å². The van der Waals surface area contributed by atoms with E-state index in [4.69, 9.17) is 4.74 Å². The monoisotopic (exact) mass is 344 g/mol. The van der Waals surface area contributed by atoms with E-state index in [0.717, 1.165) is 16.3 Å². The average Bonchev–Trinajstić information content (AvgIpc) is 3.17. The van der Waals surface area contributed by atoms with Gasteiger partial charge in [0.1, 0.15) is 5.75 Å². The number of carbonyl (C=O) groups is 1. The van der Waals surface area contributed by atoms with Gasteiger partial charge in [-0.15, -0.1) is 11.3 Å². The second-order valence-corrected chi connectivity index (χ2v) is 6.76. The minimum Gasteiger partial charge on any atom is -0.497 e. The summed E-state index contributed by atoms with van der Waals surface area (Å²) >= 11 is 3.03. The van der Waals surface area contributed by atoms with Crippen LogP contribution in [0, 0.1) is 0 Å². The number of likely N-dealkylation sites (N-methyl/N-ethyl adjacent to an activating group) is 1. The molecule has 1 amide bonds. The molecule has 1 aliphatic heterocycles. The first-order chi connectivity index (χ1) is 11.2. The molecule has 2 aromatic rings. The van der Waals surface area contributed by atoms with Gasteiger partial charge in [0.2, 0.25) is 0 Å². The van der Waals surface area contributed by atoms with Gasteiger partial charge in [0.25, 0.3) is 5.91 Å². The summed E-state index contributed by atoms with van der Waals surface area (Å²) in [5.74, 6) is 0.799. The van der Waals surface area contributed by atoms with Crippen molar-refractivity contribution >= 4 is 45.9 Å². The Morgan fingerprint density at radius 2 is 2.04 bits per heavy atom. The summed E-state index contributed by atoms with van der Waals surface area (Å²) in [4.78, 5) is 20.6. The fourth-order valence-electron chi connectivity index (χ4n) is 2.14. The highest BCUT2D eigenvalue weighted by molar-refractivity contribution is 8.18. The smallest absolute Gasteiger partial charge is 0.266 e. The summed E-state index contributed by atoms with van der Waals surface area (Å²) in [6.45, 7) is 2.55. The number of rotatable bonds is 4. The quantitative estimate of drug-likeness (QED) is 0.773. The van der Waals surface area contributed by atoms with Crippen molar-refractivity contribution < 1.29 is 9.53 Å². The van der Waals surface area contributed by atoms with Crippen molar-refractivity contribution in [2.75, 3.05) is 13.7 Å². The summed E-state index contributed by atoms with van der Waals surface area (Å²) in [5, 5.41) is 2.71. The summed E-state index contributed by atoms with van der Waals surface area (Å²) in [6, 6.07) is 11.5. The molecule has 1 aromatic carbocycles. The van der Waals surface area contributed by atoms with E-state index in [1.807, 2.05) is 54.8 Å². The SMILES string of the molecule is CCN1C(=O)/C(=C\c2cccs2)SC1=Nc1ccc(OC)cc1. The Kier molecular flexibility index (Phi) is 4.83. The van der Waals surface area contributed by atoms with Crippen molar-refractivity contribution in [1.82, 2.24) is 4.90 Å². The summed E-state index contributed by atoms with van der Waals surface area (Å²) in [6.07, 6.45) is 1.93. The minimum absolute atomic E-state index is 0.0122. The molecule has 1 saturated heterocycles. The van der Waals surface area contributed by atoms with Crippen LogP contribution in [0.3, 0.4) is 0 Å². The molecule has 0 atom stereocenters. The Bertz CT molecular complexity index is 749. The number of benzene rings is 1. The van der Waals surface area contributed by atoms with E-state index in [2.05, 4.69) is 4.99 Å². The molecule has 1 aromatic heterocycles. The molecule has 2 heterocycles. The molecular formula is C17H16N2O2S2. The molecule has 1 aliphatic rings. The molecule has 0 unspecified atom stereocenters. The highest BCUT2D eigenvalue weighted by Gasteiger charge is 2.32. The average molecular weight is 344 g/mol. The number of aliphatic imine (C=N–C) groups is 1. The molecule has 1 fully saturated rings. The van der Waals surface area contributed by atoms with Crippen molar-refractivity contribution in [2.24, 2.45) is 4.99 Å². The first kappa shape index (κ1) is 15.8. The Labute approximate surface area is 143 Å². The van der Waals surface area contributed by atoms with Crippen molar-refractivity contribution in [3.63, 3.8) is 0 Å². The van der Waals surface area contributed by atoms with Crippen molar-refractivity contribution in [1.29, 1.82) is 0 Å². The molecule has 118 valence electrons. The topological polar surface area (TPSA) is 41.9 Å². The van der Waals surface area contributed by atoms with Gasteiger partial charge in [0.15, 0.2) is 5.17 Å². The van der Waals surface area contributed by atoms with Crippen LogP contribution in [0.5, 0.6) is 5.75 Å². The van der Waals surface area contributed by atoms with Crippen LogP contribution in [0.25, 0.3) is 6.08 Å². The standard InChI is InChI=1S/C17H16N2O2S2/c1-3-19-16(20)15(11-14-5-4-10-22-14)23-17(19)18-12-6-8-13(21-2)9-7-12/h4-11H,3H2,1-2H3/b15-11+,18-17?. The second kappa shape index (κ2) is 7.02. The summed E-state index contributed by atoms with van der Waals surface area (Å²) in [5.41, 5.74) is 0.803. The lowest BCUT2D eigenvalue weighted by Crippen LogP contribution is -2.28. The number of amidine groups is 1. The van der Waals surface area contributed by atoms with Crippen LogP contribution < -0.4 is 4.74 Å². The summed E-state index contributed by atoms with van der Waals surface area (Å²) < 4.78 is 5.15. The number of methoxy groups -OCH3 is 1. The number of hydrogen-bond donors (Lipinski definition) is 0. The van der Waals surface area contributed by atoms with Crippen molar-refractivity contribution in [3.05, 3.63) is 51.6 Å². The maximum absolute atomic E-state index is 12.5. The Balaban J connectivity index is 1.89. The highest BCUT2D eigenvalue weighted by Crippen LogP contribution is 2.34. The molecule has 0 radical (unpaired) electrons. The van der Waals surface area contributed by atoms with E-state index in [0.29, 0.717) is 16.6 Å². The third-order valence-corrected chi connectivity index (χ3v) is 5.14. The lowest BCUT2D eigenvalue weighted by Gasteiger charge is -2.12. The number of nitrogens with zero attached hydrogens (tertiary/aromatic N) is 2. The van der Waals surface area contributed by atoms with Crippen molar-refractivity contribution in [2.45, 2.75) is 6.92 Å². The number of thioether (sulfide) groups is 1. The zero-order chi connectivity index (χ0) is 16.2. The van der Waals surface area contributed by atoms with Crippen LogP contribution in [0.4, 0.5) is 5.69 Å². The maximum atomic E-state index is 12.5. The molecule has 6 heteroatoms. The molecular weight excluding hydrogens is 328 g/mol. The van der Waals surface area contributed by atoms with Gasteiger partial charge >= 0.3 is 0 Å². The predicted molar refractivity (Wildman–Crippen MR) is 97.4 cm³/mol. The minimum atomic E-state index is 0.0122. The van der Waals surface area contributed by atoms with E-state index in [1.54, 1.807) is 23.3 Å². The van der Waals surface area contributed by atoms with Gasteiger partial charge < -0.3 is 4.74 Å².